The summed E-state index contributed by atoms with van der Waals surface area (Å²) in [4.78, 5) is 10.7. The molecule has 2 aromatic carbocycles. The van der Waals surface area contributed by atoms with E-state index in [0.717, 1.165) is 6.07 Å². The second kappa shape index (κ2) is 8.88. The SMILES string of the molecule is O=[N+]([O-])c1cc(S(=O)(=O)N2CCOCC2)ccc1NN=Cc1ccc2c(c1)OCCO2. The molecule has 12 heteroatoms. The van der Waals surface area contributed by atoms with Gasteiger partial charge in [0.2, 0.25) is 10.0 Å². The van der Waals surface area contributed by atoms with Gasteiger partial charge in [0.1, 0.15) is 18.9 Å². The van der Waals surface area contributed by atoms with Crippen molar-refractivity contribution in [1.29, 1.82) is 0 Å². The molecule has 0 atom stereocenters. The summed E-state index contributed by atoms with van der Waals surface area (Å²) in [6, 6.07) is 8.94. The highest BCUT2D eigenvalue weighted by Gasteiger charge is 2.28. The molecule has 0 unspecified atom stereocenters. The lowest BCUT2D eigenvalue weighted by Crippen LogP contribution is -2.40. The molecule has 1 N–H and O–H groups in total. The van der Waals surface area contributed by atoms with Gasteiger partial charge in [-0.1, -0.05) is 0 Å². The van der Waals surface area contributed by atoms with Crippen LogP contribution in [0.3, 0.4) is 0 Å². The lowest BCUT2D eigenvalue weighted by atomic mass is 10.2. The Morgan fingerprint density at radius 1 is 1.03 bits per heavy atom. The van der Waals surface area contributed by atoms with Crippen LogP contribution in [0.2, 0.25) is 0 Å². The van der Waals surface area contributed by atoms with Gasteiger partial charge < -0.3 is 14.2 Å². The van der Waals surface area contributed by atoms with Gasteiger partial charge in [-0.25, -0.2) is 8.42 Å². The van der Waals surface area contributed by atoms with Crippen molar-refractivity contribution in [3.05, 3.63) is 52.1 Å². The Labute approximate surface area is 178 Å². The standard InChI is InChI=1S/C19H20N4O7S/c24-23(25)17-12-15(31(26,27)22-5-7-28-8-6-22)2-3-16(17)21-20-13-14-1-4-18-19(11-14)30-10-9-29-18/h1-4,11-13,21H,5-10H2. The molecule has 2 heterocycles. The highest BCUT2D eigenvalue weighted by Crippen LogP contribution is 2.31. The van der Waals surface area contributed by atoms with Crippen LogP contribution < -0.4 is 14.9 Å². The van der Waals surface area contributed by atoms with Crippen LogP contribution in [0.5, 0.6) is 11.5 Å². The molecule has 1 saturated heterocycles. The first kappa shape index (κ1) is 21.0. The molecule has 1 fully saturated rings. The molecule has 2 aromatic rings. The van der Waals surface area contributed by atoms with Crippen molar-refractivity contribution in [3.63, 3.8) is 0 Å². The number of nitro benzene ring substituents is 1. The number of nitro groups is 1. The van der Waals surface area contributed by atoms with Crippen LogP contribution in [0.15, 0.2) is 46.4 Å². The first-order chi connectivity index (χ1) is 14.9. The van der Waals surface area contributed by atoms with E-state index < -0.39 is 20.6 Å². The highest BCUT2D eigenvalue weighted by molar-refractivity contribution is 7.89. The van der Waals surface area contributed by atoms with Crippen molar-refractivity contribution in [2.45, 2.75) is 4.90 Å². The number of anilines is 1. The van der Waals surface area contributed by atoms with Gasteiger partial charge in [0.25, 0.3) is 5.69 Å². The number of hydrazone groups is 1. The third-order valence-electron chi connectivity index (χ3n) is 4.74. The van der Waals surface area contributed by atoms with E-state index in [-0.39, 0.29) is 36.9 Å². The minimum absolute atomic E-state index is 0.0692. The summed E-state index contributed by atoms with van der Waals surface area (Å²) in [6.45, 7) is 1.93. The summed E-state index contributed by atoms with van der Waals surface area (Å²) in [5, 5.41) is 15.6. The van der Waals surface area contributed by atoms with Crippen molar-refractivity contribution in [2.75, 3.05) is 44.9 Å². The van der Waals surface area contributed by atoms with Crippen LogP contribution >= 0.6 is 0 Å². The van der Waals surface area contributed by atoms with E-state index in [1.165, 1.54) is 22.7 Å². The predicted octanol–water partition coefficient (Wildman–Crippen LogP) is 1.83. The maximum atomic E-state index is 12.8. The Morgan fingerprint density at radius 2 is 1.77 bits per heavy atom. The molecule has 164 valence electrons. The number of ether oxygens (including phenoxy) is 3. The molecule has 0 saturated carbocycles. The molecule has 0 aromatic heterocycles. The molecule has 2 aliphatic rings. The van der Waals surface area contributed by atoms with Crippen molar-refractivity contribution in [3.8, 4) is 11.5 Å². The average molecular weight is 448 g/mol. The normalized spacial score (nSPS) is 16.9. The number of fused-ring (bicyclic) bond motifs is 1. The van der Waals surface area contributed by atoms with Crippen molar-refractivity contribution >= 4 is 27.6 Å². The second-order valence-electron chi connectivity index (χ2n) is 6.73. The van der Waals surface area contributed by atoms with Crippen molar-refractivity contribution in [1.82, 2.24) is 4.31 Å². The number of morpholine rings is 1. The number of hydrogen-bond donors (Lipinski definition) is 1. The van der Waals surface area contributed by atoms with Crippen molar-refractivity contribution in [2.24, 2.45) is 5.10 Å². The maximum absolute atomic E-state index is 12.8. The molecule has 0 radical (unpaired) electrons. The predicted molar refractivity (Wildman–Crippen MR) is 111 cm³/mol. The van der Waals surface area contributed by atoms with E-state index in [4.69, 9.17) is 14.2 Å². The number of nitrogens with zero attached hydrogens (tertiary/aromatic N) is 3. The quantitative estimate of drug-likeness (QED) is 0.402. The molecular formula is C19H20N4O7S. The van der Waals surface area contributed by atoms with Crippen LogP contribution in [0, 0.1) is 10.1 Å². The second-order valence-corrected chi connectivity index (χ2v) is 8.66. The van der Waals surface area contributed by atoms with Gasteiger partial charge in [0.05, 0.1) is 29.2 Å². The van der Waals surface area contributed by atoms with Gasteiger partial charge in [0, 0.05) is 19.2 Å². The number of hydrogen-bond acceptors (Lipinski definition) is 9. The summed E-state index contributed by atoms with van der Waals surface area (Å²) in [5.41, 5.74) is 2.98. The number of rotatable bonds is 6. The first-order valence-corrected chi connectivity index (χ1v) is 10.9. The van der Waals surface area contributed by atoms with Gasteiger partial charge in [-0.05, 0) is 35.9 Å². The van der Waals surface area contributed by atoms with Crippen LogP contribution in [0.1, 0.15) is 5.56 Å². The fourth-order valence-electron chi connectivity index (χ4n) is 3.17. The summed E-state index contributed by atoms with van der Waals surface area (Å²) in [6.07, 6.45) is 1.47. The Bertz CT molecular complexity index is 1110. The van der Waals surface area contributed by atoms with E-state index in [0.29, 0.717) is 30.3 Å². The molecule has 4 rings (SSSR count). The Kier molecular flexibility index (Phi) is 6.02. The summed E-state index contributed by atoms with van der Waals surface area (Å²) >= 11 is 0. The van der Waals surface area contributed by atoms with E-state index in [9.17, 15) is 18.5 Å². The fourth-order valence-corrected chi connectivity index (χ4v) is 4.60. The minimum Gasteiger partial charge on any atom is -0.486 e. The molecule has 31 heavy (non-hydrogen) atoms. The molecule has 0 bridgehead atoms. The Balaban J connectivity index is 1.53. The smallest absolute Gasteiger partial charge is 0.295 e. The Morgan fingerprint density at radius 3 is 2.52 bits per heavy atom. The number of nitrogens with one attached hydrogen (secondary N) is 1. The molecule has 0 amide bonds. The van der Waals surface area contributed by atoms with E-state index in [1.807, 2.05) is 0 Å². The summed E-state index contributed by atoms with van der Waals surface area (Å²) in [5.74, 6) is 1.24. The maximum Gasteiger partial charge on any atom is 0.295 e. The molecule has 0 aliphatic carbocycles. The third-order valence-corrected chi connectivity index (χ3v) is 6.63. The summed E-state index contributed by atoms with van der Waals surface area (Å²) in [7, 11) is -3.85. The zero-order valence-corrected chi connectivity index (χ0v) is 17.2. The molecule has 0 spiro atoms. The van der Waals surface area contributed by atoms with Crippen LogP contribution in [0.4, 0.5) is 11.4 Å². The van der Waals surface area contributed by atoms with Crippen LogP contribution in [0.25, 0.3) is 0 Å². The zero-order valence-electron chi connectivity index (χ0n) is 16.4. The largest absolute Gasteiger partial charge is 0.486 e. The molecular weight excluding hydrogens is 428 g/mol. The van der Waals surface area contributed by atoms with E-state index >= 15 is 0 Å². The van der Waals surface area contributed by atoms with E-state index in [1.54, 1.807) is 18.2 Å². The van der Waals surface area contributed by atoms with Crippen molar-refractivity contribution < 1.29 is 27.6 Å². The first-order valence-electron chi connectivity index (χ1n) is 9.50. The van der Waals surface area contributed by atoms with Crippen LogP contribution in [-0.2, 0) is 14.8 Å². The number of benzene rings is 2. The monoisotopic (exact) mass is 448 g/mol. The van der Waals surface area contributed by atoms with E-state index in [2.05, 4.69) is 10.5 Å². The van der Waals surface area contributed by atoms with Gasteiger partial charge in [0.15, 0.2) is 11.5 Å². The topological polar surface area (TPSA) is 133 Å². The van der Waals surface area contributed by atoms with Gasteiger partial charge in [-0.2, -0.15) is 9.41 Å². The van der Waals surface area contributed by atoms with Gasteiger partial charge in [-0.15, -0.1) is 0 Å². The third kappa shape index (κ3) is 4.60. The van der Waals surface area contributed by atoms with Gasteiger partial charge >= 0.3 is 0 Å². The zero-order chi connectivity index (χ0) is 21.8. The minimum atomic E-state index is -3.85. The highest BCUT2D eigenvalue weighted by atomic mass is 32.2. The van der Waals surface area contributed by atoms with Gasteiger partial charge in [-0.3, -0.25) is 15.5 Å². The average Bonchev–Trinajstić information content (AvgIpc) is 2.79. The van der Waals surface area contributed by atoms with Crippen LogP contribution in [-0.4, -0.2) is 63.4 Å². The Hall–Kier alpha value is -3.22. The summed E-state index contributed by atoms with van der Waals surface area (Å²) < 4.78 is 42.9. The molecule has 2 aliphatic heterocycles. The number of sulfonamides is 1. The lowest BCUT2D eigenvalue weighted by Gasteiger charge is -2.26. The fraction of sp³-hybridized carbons (Fsp3) is 0.316. The lowest BCUT2D eigenvalue weighted by molar-refractivity contribution is -0.384. The molecule has 11 nitrogen and oxygen atoms in total.